The van der Waals surface area contributed by atoms with Gasteiger partial charge in [-0.25, -0.2) is 4.79 Å². The minimum atomic E-state index is -0.896. The van der Waals surface area contributed by atoms with Crippen molar-refractivity contribution in [2.45, 2.75) is 13.3 Å². The van der Waals surface area contributed by atoms with E-state index < -0.39 is 23.8 Å². The lowest BCUT2D eigenvalue weighted by molar-refractivity contribution is -0.152. The maximum Gasteiger partial charge on any atom is 0.338 e. The number of nitrogens with one attached hydrogen (secondary N) is 1. The first-order valence-electron chi connectivity index (χ1n) is 9.00. The Labute approximate surface area is 151 Å². The molecule has 1 aromatic rings. The lowest BCUT2D eigenvalue weighted by Crippen LogP contribution is -2.48. The van der Waals surface area contributed by atoms with Crippen molar-refractivity contribution in [3.8, 4) is 0 Å². The summed E-state index contributed by atoms with van der Waals surface area (Å²) < 4.78 is 4.94. The lowest BCUT2D eigenvalue weighted by atomic mass is 9.62. The molecule has 0 radical (unpaired) electrons. The minimum absolute atomic E-state index is 0.00454. The molecule has 0 aromatic heterocycles. The summed E-state index contributed by atoms with van der Waals surface area (Å²) in [5, 5.41) is 12.5. The molecule has 0 unspecified atom stereocenters. The van der Waals surface area contributed by atoms with Crippen LogP contribution in [0.4, 0.5) is 5.69 Å². The number of carboxylic acid groups (broad SMARTS) is 1. The smallest absolute Gasteiger partial charge is 0.338 e. The number of carbonyl (C=O) groups excluding carboxylic acids is 2. The molecule has 2 bridgehead atoms. The number of esters is 1. The molecule has 1 aromatic carbocycles. The number of hydrogen-bond donors (Lipinski definition) is 2. The highest BCUT2D eigenvalue weighted by atomic mass is 16.5. The second kappa shape index (κ2) is 6.27. The van der Waals surface area contributed by atoms with Crippen LogP contribution in [0.1, 0.15) is 23.7 Å². The molecule has 4 aliphatic carbocycles. The number of carboxylic acids is 1. The summed E-state index contributed by atoms with van der Waals surface area (Å²) in [6.45, 7) is 2.04. The third-order valence-corrected chi connectivity index (χ3v) is 5.90. The second-order valence-corrected chi connectivity index (χ2v) is 7.28. The first kappa shape index (κ1) is 16.8. The van der Waals surface area contributed by atoms with Crippen LogP contribution in [0.25, 0.3) is 0 Å². The van der Waals surface area contributed by atoms with E-state index in [4.69, 9.17) is 4.74 Å². The van der Waals surface area contributed by atoms with Crippen molar-refractivity contribution in [2.24, 2.45) is 35.5 Å². The van der Waals surface area contributed by atoms with Gasteiger partial charge < -0.3 is 15.2 Å². The SMILES string of the molecule is CCOC(=O)c1ccc(NC(=O)[C@H]2[C@H]3C=C[C@H]([C@H]4C[C@H]34)[C@@H]2C(=O)O)cc1. The number of amides is 1. The van der Waals surface area contributed by atoms with Crippen LogP contribution in [0.15, 0.2) is 36.4 Å². The van der Waals surface area contributed by atoms with Crippen molar-refractivity contribution in [3.63, 3.8) is 0 Å². The molecule has 0 heterocycles. The summed E-state index contributed by atoms with van der Waals surface area (Å²) in [5.74, 6) is -1.93. The lowest BCUT2D eigenvalue weighted by Gasteiger charge is -2.41. The molecule has 0 spiro atoms. The number of hydrogen-bond acceptors (Lipinski definition) is 4. The van der Waals surface area contributed by atoms with Crippen LogP contribution in [0.5, 0.6) is 0 Å². The average Bonchev–Trinajstić information content (AvgIpc) is 3.44. The van der Waals surface area contributed by atoms with Crippen LogP contribution in [0.2, 0.25) is 0 Å². The van der Waals surface area contributed by atoms with Gasteiger partial charge in [-0.1, -0.05) is 12.2 Å². The molecule has 6 nitrogen and oxygen atoms in total. The van der Waals surface area contributed by atoms with E-state index in [9.17, 15) is 19.5 Å². The fourth-order valence-corrected chi connectivity index (χ4v) is 4.70. The number of aliphatic carboxylic acids is 1. The first-order valence-corrected chi connectivity index (χ1v) is 9.00. The topological polar surface area (TPSA) is 92.7 Å². The van der Waals surface area contributed by atoms with Gasteiger partial charge in [0.1, 0.15) is 0 Å². The van der Waals surface area contributed by atoms with Gasteiger partial charge in [0.2, 0.25) is 5.91 Å². The molecule has 2 saturated carbocycles. The van der Waals surface area contributed by atoms with Gasteiger partial charge in [0, 0.05) is 5.69 Å². The van der Waals surface area contributed by atoms with E-state index in [0.717, 1.165) is 6.42 Å². The Bertz CT molecular complexity index is 784. The van der Waals surface area contributed by atoms with Crippen LogP contribution in [0, 0.1) is 35.5 Å². The van der Waals surface area contributed by atoms with Crippen molar-refractivity contribution in [2.75, 3.05) is 11.9 Å². The normalized spacial score (nSPS) is 33.3. The largest absolute Gasteiger partial charge is 0.481 e. The molecular formula is C20H21NO5. The summed E-state index contributed by atoms with van der Waals surface area (Å²) >= 11 is 0. The Morgan fingerprint density at radius 3 is 2.27 bits per heavy atom. The van der Waals surface area contributed by atoms with Gasteiger partial charge in [-0.3, -0.25) is 9.59 Å². The number of anilines is 1. The van der Waals surface area contributed by atoms with Crippen LogP contribution in [0.3, 0.4) is 0 Å². The molecule has 0 saturated heterocycles. The highest BCUT2D eigenvalue weighted by molar-refractivity contribution is 5.97. The monoisotopic (exact) mass is 355 g/mol. The zero-order valence-electron chi connectivity index (χ0n) is 14.4. The van der Waals surface area contributed by atoms with Gasteiger partial charge >= 0.3 is 11.9 Å². The van der Waals surface area contributed by atoms with Crippen molar-refractivity contribution in [3.05, 3.63) is 42.0 Å². The molecule has 136 valence electrons. The van der Waals surface area contributed by atoms with Crippen LogP contribution in [-0.2, 0) is 14.3 Å². The number of ether oxygens (including phenoxy) is 1. The number of allylic oxidation sites excluding steroid dienone is 2. The maximum atomic E-state index is 12.9. The highest BCUT2D eigenvalue weighted by Gasteiger charge is 2.62. The Hall–Kier alpha value is -2.63. The van der Waals surface area contributed by atoms with Crippen molar-refractivity contribution < 1.29 is 24.2 Å². The zero-order chi connectivity index (χ0) is 18.4. The van der Waals surface area contributed by atoms with Crippen molar-refractivity contribution >= 4 is 23.5 Å². The Morgan fingerprint density at radius 2 is 1.69 bits per heavy atom. The summed E-state index contributed by atoms with van der Waals surface area (Å²) in [6.07, 6.45) is 5.05. The Morgan fingerprint density at radius 1 is 1.08 bits per heavy atom. The molecule has 6 atom stereocenters. The first-order chi connectivity index (χ1) is 12.5. The van der Waals surface area contributed by atoms with Crippen LogP contribution >= 0.6 is 0 Å². The number of benzene rings is 1. The van der Waals surface area contributed by atoms with Crippen LogP contribution in [-0.4, -0.2) is 29.6 Å². The summed E-state index contributed by atoms with van der Waals surface area (Å²) in [5.41, 5.74) is 0.957. The predicted molar refractivity (Wildman–Crippen MR) is 93.4 cm³/mol. The minimum Gasteiger partial charge on any atom is -0.481 e. The third-order valence-electron chi connectivity index (χ3n) is 5.90. The fraction of sp³-hybridized carbons (Fsp3) is 0.450. The average molecular weight is 355 g/mol. The van der Waals surface area contributed by atoms with Gasteiger partial charge in [-0.2, -0.15) is 0 Å². The van der Waals surface area contributed by atoms with E-state index >= 15 is 0 Å². The molecule has 2 fully saturated rings. The molecular weight excluding hydrogens is 334 g/mol. The number of rotatable bonds is 5. The molecule has 6 heteroatoms. The molecule has 26 heavy (non-hydrogen) atoms. The molecule has 2 N–H and O–H groups in total. The number of carbonyl (C=O) groups is 3. The van der Waals surface area contributed by atoms with Crippen LogP contribution < -0.4 is 5.32 Å². The van der Waals surface area contributed by atoms with Gasteiger partial charge in [-0.05, 0) is 61.3 Å². The van der Waals surface area contributed by atoms with E-state index in [1.807, 2.05) is 12.2 Å². The third kappa shape index (κ3) is 2.69. The van der Waals surface area contributed by atoms with E-state index in [1.54, 1.807) is 31.2 Å². The summed E-state index contributed by atoms with van der Waals surface area (Å²) in [6, 6.07) is 6.45. The summed E-state index contributed by atoms with van der Waals surface area (Å²) in [4.78, 5) is 36.3. The highest BCUT2D eigenvalue weighted by Crippen LogP contribution is 2.63. The van der Waals surface area contributed by atoms with E-state index in [-0.39, 0.29) is 17.7 Å². The predicted octanol–water partition coefficient (Wildman–Crippen LogP) is 2.57. The molecule has 4 aliphatic rings. The van der Waals surface area contributed by atoms with Crippen molar-refractivity contribution in [1.29, 1.82) is 0 Å². The van der Waals surface area contributed by atoms with Gasteiger partial charge in [0.15, 0.2) is 0 Å². The molecule has 1 amide bonds. The van der Waals surface area contributed by atoms with Gasteiger partial charge in [0.25, 0.3) is 0 Å². The second-order valence-electron chi connectivity index (χ2n) is 7.28. The van der Waals surface area contributed by atoms with E-state index in [2.05, 4.69) is 5.32 Å². The Balaban J connectivity index is 1.50. The standard InChI is InChI=1S/C20H21NO5/c1-2-26-20(25)10-3-5-11(6-4-10)21-18(22)16-12-7-8-13(15-9-14(12)15)17(16)19(23)24/h3-8,12-17H,2,9H2,1H3,(H,21,22)(H,23,24)/t12-,13+,14+,15+,16-,17-/m0/s1. The fourth-order valence-electron chi connectivity index (χ4n) is 4.70. The van der Waals surface area contributed by atoms with Gasteiger partial charge in [0.05, 0.1) is 24.0 Å². The quantitative estimate of drug-likeness (QED) is 0.625. The molecule has 5 rings (SSSR count). The zero-order valence-corrected chi connectivity index (χ0v) is 14.4. The van der Waals surface area contributed by atoms with E-state index in [1.165, 1.54) is 0 Å². The Kier molecular flexibility index (Phi) is 4.05. The number of fused-ring (bicyclic) bond motifs is 1. The molecule has 0 aliphatic heterocycles. The van der Waals surface area contributed by atoms with Crippen molar-refractivity contribution in [1.82, 2.24) is 0 Å². The van der Waals surface area contributed by atoms with Gasteiger partial charge in [-0.15, -0.1) is 0 Å². The maximum absolute atomic E-state index is 12.9. The summed E-state index contributed by atoms with van der Waals surface area (Å²) in [7, 11) is 0. The van der Waals surface area contributed by atoms with E-state index in [0.29, 0.717) is 29.7 Å².